The molecule has 0 aliphatic carbocycles. The number of carbonyl (C=O) groups excluding carboxylic acids is 1. The fraction of sp³-hybridized carbons (Fsp3) is 0.217. The number of imidazole rings is 1. The second-order valence-corrected chi connectivity index (χ2v) is 6.91. The monoisotopic (exact) mass is 388 g/mol. The van der Waals surface area contributed by atoms with E-state index in [1.807, 2.05) is 47.2 Å². The lowest BCUT2D eigenvalue weighted by Crippen LogP contribution is -2.30. The van der Waals surface area contributed by atoms with Crippen LogP contribution in [0.2, 0.25) is 0 Å². The van der Waals surface area contributed by atoms with Gasteiger partial charge in [-0.25, -0.2) is 4.98 Å². The van der Waals surface area contributed by atoms with E-state index in [9.17, 15) is 4.79 Å². The van der Waals surface area contributed by atoms with Gasteiger partial charge in [0.1, 0.15) is 5.75 Å². The number of aromatic nitrogens is 3. The van der Waals surface area contributed by atoms with Gasteiger partial charge in [-0.1, -0.05) is 36.4 Å². The Labute approximate surface area is 169 Å². The molecule has 148 valence electrons. The number of carbonyl (C=O) groups is 1. The number of hydrogen-bond donors (Lipinski definition) is 1. The normalized spacial score (nSPS) is 10.9. The van der Waals surface area contributed by atoms with Crippen molar-refractivity contribution in [1.29, 1.82) is 0 Å². The van der Waals surface area contributed by atoms with Gasteiger partial charge in [0.05, 0.1) is 11.8 Å². The van der Waals surface area contributed by atoms with Crippen LogP contribution in [0, 0.1) is 0 Å². The number of amides is 1. The van der Waals surface area contributed by atoms with Crippen LogP contribution in [0.15, 0.2) is 79.5 Å². The van der Waals surface area contributed by atoms with Crippen molar-refractivity contribution in [3.8, 4) is 5.75 Å². The third-order valence-corrected chi connectivity index (χ3v) is 4.80. The van der Waals surface area contributed by atoms with Gasteiger partial charge in [-0.15, -0.1) is 0 Å². The predicted molar refractivity (Wildman–Crippen MR) is 113 cm³/mol. The summed E-state index contributed by atoms with van der Waals surface area (Å²) in [6.45, 7) is 2.24. The lowest BCUT2D eigenvalue weighted by atomic mass is 10.2. The molecule has 0 radical (unpaired) electrons. The van der Waals surface area contributed by atoms with E-state index >= 15 is 0 Å². The van der Waals surface area contributed by atoms with E-state index in [4.69, 9.17) is 4.74 Å². The molecule has 1 N–H and O–H groups in total. The Bertz CT molecular complexity index is 1060. The largest absolute Gasteiger partial charge is 0.483 e. The number of nitrogens with zero attached hydrogens (tertiary/aromatic N) is 3. The van der Waals surface area contributed by atoms with Crippen LogP contribution < -0.4 is 10.1 Å². The van der Waals surface area contributed by atoms with Crippen molar-refractivity contribution in [3.63, 3.8) is 0 Å². The average molecular weight is 388 g/mol. The first kappa shape index (κ1) is 18.8. The summed E-state index contributed by atoms with van der Waals surface area (Å²) in [5.74, 6) is 0.610. The summed E-state index contributed by atoms with van der Waals surface area (Å²) in [6.07, 6.45) is 8.34. The summed E-state index contributed by atoms with van der Waals surface area (Å²) >= 11 is 0. The zero-order chi connectivity index (χ0) is 19.9. The second-order valence-electron chi connectivity index (χ2n) is 6.91. The maximum atomic E-state index is 12.1. The van der Waals surface area contributed by atoms with E-state index in [0.29, 0.717) is 6.54 Å². The summed E-state index contributed by atoms with van der Waals surface area (Å²) in [4.78, 5) is 16.1. The number of hydrogen-bond acceptors (Lipinski definition) is 3. The first-order valence-electron chi connectivity index (χ1n) is 9.76. The molecule has 0 atom stereocenters. The second kappa shape index (κ2) is 9.10. The van der Waals surface area contributed by atoms with Crippen LogP contribution in [0.3, 0.4) is 0 Å². The first-order valence-corrected chi connectivity index (χ1v) is 9.76. The summed E-state index contributed by atoms with van der Waals surface area (Å²) in [5.41, 5.74) is 2.33. The molecule has 0 unspecified atom stereocenters. The number of aryl methyl sites for hydroxylation is 1. The van der Waals surface area contributed by atoms with E-state index in [1.165, 1.54) is 5.56 Å². The van der Waals surface area contributed by atoms with Crippen molar-refractivity contribution in [3.05, 3.63) is 85.1 Å². The lowest BCUT2D eigenvalue weighted by Gasteiger charge is -2.10. The number of rotatable bonds is 9. The van der Waals surface area contributed by atoms with Gasteiger partial charge in [0.25, 0.3) is 5.91 Å². The van der Waals surface area contributed by atoms with Crippen LogP contribution in [0.1, 0.15) is 12.0 Å². The summed E-state index contributed by atoms with van der Waals surface area (Å²) in [7, 11) is 0. The van der Waals surface area contributed by atoms with Gasteiger partial charge in [-0.3, -0.25) is 4.79 Å². The van der Waals surface area contributed by atoms with E-state index in [0.717, 1.165) is 36.2 Å². The highest BCUT2D eigenvalue weighted by atomic mass is 16.5. The molecule has 1 amide bonds. The quantitative estimate of drug-likeness (QED) is 0.447. The smallest absolute Gasteiger partial charge is 0.257 e. The van der Waals surface area contributed by atoms with Crippen LogP contribution in [0.5, 0.6) is 5.75 Å². The van der Waals surface area contributed by atoms with Gasteiger partial charge >= 0.3 is 0 Å². The maximum Gasteiger partial charge on any atom is 0.257 e. The van der Waals surface area contributed by atoms with E-state index < -0.39 is 0 Å². The van der Waals surface area contributed by atoms with Gasteiger partial charge in [-0.2, -0.15) is 0 Å². The van der Waals surface area contributed by atoms with Crippen molar-refractivity contribution in [2.75, 3.05) is 13.2 Å². The molecule has 0 aliphatic heterocycles. The van der Waals surface area contributed by atoms with Gasteiger partial charge in [0, 0.05) is 43.6 Å². The molecular weight excluding hydrogens is 364 g/mol. The van der Waals surface area contributed by atoms with E-state index in [-0.39, 0.29) is 12.5 Å². The first-order chi connectivity index (χ1) is 14.3. The highest BCUT2D eigenvalue weighted by Crippen LogP contribution is 2.27. The molecular formula is C23H24N4O2. The Morgan fingerprint density at radius 1 is 1.03 bits per heavy atom. The van der Waals surface area contributed by atoms with Gasteiger partial charge in [0.2, 0.25) is 0 Å². The van der Waals surface area contributed by atoms with Crippen LogP contribution in [0.4, 0.5) is 0 Å². The summed E-state index contributed by atoms with van der Waals surface area (Å²) in [6, 6.07) is 18.3. The number of ether oxygens (including phenoxy) is 1. The van der Waals surface area contributed by atoms with Gasteiger partial charge < -0.3 is 19.2 Å². The van der Waals surface area contributed by atoms with Gasteiger partial charge in [-0.05, 0) is 30.2 Å². The molecule has 0 saturated heterocycles. The molecule has 29 heavy (non-hydrogen) atoms. The minimum absolute atomic E-state index is 0.00799. The Morgan fingerprint density at radius 3 is 2.76 bits per heavy atom. The van der Waals surface area contributed by atoms with Gasteiger partial charge in [0.15, 0.2) is 6.61 Å². The molecule has 4 rings (SSSR count). The lowest BCUT2D eigenvalue weighted by molar-refractivity contribution is -0.123. The molecule has 6 nitrogen and oxygen atoms in total. The fourth-order valence-electron chi connectivity index (χ4n) is 3.34. The van der Waals surface area contributed by atoms with Crippen LogP contribution in [0.25, 0.3) is 10.9 Å². The fourth-order valence-corrected chi connectivity index (χ4v) is 3.34. The minimum atomic E-state index is -0.114. The van der Waals surface area contributed by atoms with Crippen molar-refractivity contribution < 1.29 is 9.53 Å². The molecule has 2 heterocycles. The van der Waals surface area contributed by atoms with Crippen molar-refractivity contribution >= 4 is 16.8 Å². The highest BCUT2D eigenvalue weighted by Gasteiger charge is 2.09. The van der Waals surface area contributed by atoms with E-state index in [2.05, 4.69) is 39.3 Å². The molecule has 0 bridgehead atoms. The Morgan fingerprint density at radius 2 is 1.93 bits per heavy atom. The average Bonchev–Trinajstić information content (AvgIpc) is 3.41. The molecule has 2 aromatic heterocycles. The third kappa shape index (κ3) is 4.85. The van der Waals surface area contributed by atoms with Crippen molar-refractivity contribution in [2.45, 2.75) is 19.5 Å². The van der Waals surface area contributed by atoms with Crippen LogP contribution in [-0.2, 0) is 17.9 Å². The molecule has 0 fully saturated rings. The van der Waals surface area contributed by atoms with Crippen molar-refractivity contribution in [1.82, 2.24) is 19.4 Å². The number of fused-ring (bicyclic) bond motifs is 1. The molecule has 4 aromatic rings. The van der Waals surface area contributed by atoms with Crippen LogP contribution >= 0.6 is 0 Å². The molecule has 0 aliphatic rings. The molecule has 0 spiro atoms. The Balaban J connectivity index is 1.31. The minimum Gasteiger partial charge on any atom is -0.483 e. The third-order valence-electron chi connectivity index (χ3n) is 4.80. The maximum absolute atomic E-state index is 12.1. The topological polar surface area (TPSA) is 61.1 Å². The van der Waals surface area contributed by atoms with E-state index in [1.54, 1.807) is 12.5 Å². The number of benzene rings is 2. The molecule has 2 aromatic carbocycles. The Kier molecular flexibility index (Phi) is 5.90. The Hall–Kier alpha value is -3.54. The zero-order valence-electron chi connectivity index (χ0n) is 16.2. The number of nitrogens with one attached hydrogen (secondary N) is 1. The predicted octanol–water partition coefficient (Wildman–Crippen LogP) is 3.47. The SMILES string of the molecule is O=C(COc1cccc2c1ccn2Cc1ccccc1)NCCCn1ccnc1. The summed E-state index contributed by atoms with van der Waals surface area (Å²) in [5, 5.41) is 3.91. The standard InChI is InChI=1S/C23H24N4O2/c28-23(25-11-5-13-26-15-12-24-18-26)17-29-22-9-4-8-21-20(22)10-14-27(21)16-19-6-2-1-3-7-19/h1-4,6-10,12,14-15,18H,5,11,13,16-17H2,(H,25,28). The van der Waals surface area contributed by atoms with Crippen LogP contribution in [-0.4, -0.2) is 33.2 Å². The zero-order valence-corrected chi connectivity index (χ0v) is 16.2. The molecule has 0 saturated carbocycles. The summed E-state index contributed by atoms with van der Waals surface area (Å²) < 4.78 is 9.98. The highest BCUT2D eigenvalue weighted by molar-refractivity contribution is 5.87. The molecule has 6 heteroatoms. The van der Waals surface area contributed by atoms with Crippen molar-refractivity contribution in [2.24, 2.45) is 0 Å².